The Kier molecular flexibility index (Phi) is 4.34. The van der Waals surface area contributed by atoms with Crippen LogP contribution < -0.4 is 0 Å². The summed E-state index contributed by atoms with van der Waals surface area (Å²) in [5, 5.41) is 11.6. The minimum atomic E-state index is -0.885. The van der Waals surface area contributed by atoms with E-state index in [1.165, 1.54) is 6.07 Å². The molecule has 3 aromatic rings. The number of H-pyrrole nitrogens is 1. The molecule has 0 amide bonds. The summed E-state index contributed by atoms with van der Waals surface area (Å²) in [4.78, 5) is 2.27. The van der Waals surface area contributed by atoms with Crippen LogP contribution in [0.15, 0.2) is 28.8 Å². The Morgan fingerprint density at radius 1 is 1.19 bits per heavy atom. The van der Waals surface area contributed by atoms with Gasteiger partial charge in [0.2, 0.25) is 0 Å². The largest absolute Gasteiger partial charge is 0.360 e. The average Bonchev–Trinajstić information content (AvgIpc) is 3.24. The second-order valence-corrected chi connectivity index (χ2v) is 8.05. The lowest BCUT2D eigenvalue weighted by molar-refractivity contribution is 0.226. The summed E-state index contributed by atoms with van der Waals surface area (Å²) >= 11 is 0. The number of hydrogen-bond acceptors (Lipinski definition) is 4. The van der Waals surface area contributed by atoms with E-state index in [2.05, 4.69) is 47.1 Å². The summed E-state index contributed by atoms with van der Waals surface area (Å²) < 4.78 is 32.3. The maximum Gasteiger partial charge on any atom is 0.159 e. The molecule has 1 aromatic carbocycles. The molecule has 1 aliphatic heterocycles. The first-order valence-electron chi connectivity index (χ1n) is 9.01. The van der Waals surface area contributed by atoms with Gasteiger partial charge in [-0.05, 0) is 24.3 Å². The third-order valence-electron chi connectivity index (χ3n) is 4.89. The van der Waals surface area contributed by atoms with Crippen molar-refractivity contribution < 1.29 is 13.3 Å². The molecule has 5 nitrogen and oxygen atoms in total. The van der Waals surface area contributed by atoms with Gasteiger partial charge in [0.1, 0.15) is 11.5 Å². The van der Waals surface area contributed by atoms with Gasteiger partial charge >= 0.3 is 0 Å². The SMILES string of the molecule is CC(C)(C)c1cc(CN2CCc3onc(-c4ccc(F)c(F)c4)c3C2)[nH]n1. The molecular weight excluding hydrogens is 350 g/mol. The van der Waals surface area contributed by atoms with Crippen molar-refractivity contribution >= 4 is 0 Å². The Morgan fingerprint density at radius 3 is 2.70 bits per heavy atom. The predicted octanol–water partition coefficient (Wildman–Crippen LogP) is 4.20. The van der Waals surface area contributed by atoms with E-state index in [1.54, 1.807) is 0 Å². The number of nitrogens with one attached hydrogen (secondary N) is 1. The van der Waals surface area contributed by atoms with Gasteiger partial charge in [-0.3, -0.25) is 10.00 Å². The maximum atomic E-state index is 13.6. The van der Waals surface area contributed by atoms with Crippen LogP contribution in [0.2, 0.25) is 0 Å². The normalized spacial score (nSPS) is 15.1. The van der Waals surface area contributed by atoms with Gasteiger partial charge in [0.15, 0.2) is 11.6 Å². The summed E-state index contributed by atoms with van der Waals surface area (Å²) in [6.45, 7) is 8.59. The first kappa shape index (κ1) is 17.9. The minimum absolute atomic E-state index is 0.00186. The van der Waals surface area contributed by atoms with Gasteiger partial charge < -0.3 is 4.52 Å². The fraction of sp³-hybridized carbons (Fsp3) is 0.400. The van der Waals surface area contributed by atoms with E-state index in [9.17, 15) is 8.78 Å². The number of benzene rings is 1. The standard InChI is InChI=1S/C20H22F2N4O/c1-20(2,3)18-9-13(23-24-18)10-26-7-6-17-14(11-26)19(25-27-17)12-4-5-15(21)16(22)8-12/h4-5,8-9H,6-7,10-11H2,1-3H3,(H,23,24). The highest BCUT2D eigenvalue weighted by Gasteiger charge is 2.26. The van der Waals surface area contributed by atoms with Crippen molar-refractivity contribution in [3.63, 3.8) is 0 Å². The number of fused-ring (bicyclic) bond motifs is 1. The van der Waals surface area contributed by atoms with Crippen molar-refractivity contribution in [2.24, 2.45) is 0 Å². The molecule has 1 aliphatic rings. The van der Waals surface area contributed by atoms with Gasteiger partial charge in [0.25, 0.3) is 0 Å². The highest BCUT2D eigenvalue weighted by Crippen LogP contribution is 2.31. The molecule has 0 radical (unpaired) electrons. The van der Waals surface area contributed by atoms with Crippen molar-refractivity contribution in [2.45, 2.75) is 45.7 Å². The number of rotatable bonds is 3. The second kappa shape index (κ2) is 6.56. The van der Waals surface area contributed by atoms with Gasteiger partial charge in [-0.15, -0.1) is 0 Å². The first-order valence-corrected chi connectivity index (χ1v) is 9.01. The van der Waals surface area contributed by atoms with Gasteiger partial charge in [-0.1, -0.05) is 25.9 Å². The molecule has 3 heterocycles. The molecule has 0 unspecified atom stereocenters. The highest BCUT2D eigenvalue weighted by atomic mass is 19.2. The zero-order chi connectivity index (χ0) is 19.2. The number of aromatic nitrogens is 3. The maximum absolute atomic E-state index is 13.6. The van der Waals surface area contributed by atoms with Crippen LogP contribution >= 0.6 is 0 Å². The second-order valence-electron chi connectivity index (χ2n) is 8.05. The lowest BCUT2D eigenvalue weighted by atomic mass is 9.92. The number of nitrogens with zero attached hydrogens (tertiary/aromatic N) is 3. The molecule has 0 bridgehead atoms. The molecule has 1 N–H and O–H groups in total. The highest BCUT2D eigenvalue weighted by molar-refractivity contribution is 5.63. The Morgan fingerprint density at radius 2 is 2.00 bits per heavy atom. The number of aromatic amines is 1. The van der Waals surface area contributed by atoms with Crippen LogP contribution in [0.5, 0.6) is 0 Å². The smallest absolute Gasteiger partial charge is 0.159 e. The molecule has 27 heavy (non-hydrogen) atoms. The van der Waals surface area contributed by atoms with Crippen LogP contribution in [-0.2, 0) is 24.9 Å². The molecule has 0 fully saturated rings. The molecular formula is C20H22F2N4O. The molecule has 0 saturated heterocycles. The van der Waals surface area contributed by atoms with Crippen LogP contribution in [-0.4, -0.2) is 26.8 Å². The molecule has 0 spiro atoms. The van der Waals surface area contributed by atoms with Crippen LogP contribution in [0, 0.1) is 11.6 Å². The average molecular weight is 372 g/mol. The van der Waals surface area contributed by atoms with Gasteiger partial charge in [0.05, 0.1) is 5.69 Å². The Balaban J connectivity index is 1.55. The van der Waals surface area contributed by atoms with Crippen molar-refractivity contribution in [1.82, 2.24) is 20.3 Å². The summed E-state index contributed by atoms with van der Waals surface area (Å²) in [6, 6.07) is 5.90. The fourth-order valence-corrected chi connectivity index (χ4v) is 3.34. The lowest BCUT2D eigenvalue weighted by Crippen LogP contribution is -2.29. The van der Waals surface area contributed by atoms with Crippen molar-refractivity contribution in [1.29, 1.82) is 0 Å². The van der Waals surface area contributed by atoms with Gasteiger partial charge in [-0.2, -0.15) is 5.10 Å². The van der Waals surface area contributed by atoms with Crippen LogP contribution in [0.4, 0.5) is 8.78 Å². The molecule has 4 rings (SSSR count). The van der Waals surface area contributed by atoms with E-state index >= 15 is 0 Å². The van der Waals surface area contributed by atoms with Gasteiger partial charge in [-0.25, -0.2) is 8.78 Å². The third-order valence-corrected chi connectivity index (χ3v) is 4.89. The monoisotopic (exact) mass is 372 g/mol. The van der Waals surface area contributed by atoms with Crippen molar-refractivity contribution in [3.05, 3.63) is 58.6 Å². The van der Waals surface area contributed by atoms with E-state index in [1.807, 2.05) is 0 Å². The van der Waals surface area contributed by atoms with Crippen molar-refractivity contribution in [3.8, 4) is 11.3 Å². The summed E-state index contributed by atoms with van der Waals surface area (Å²) in [7, 11) is 0. The zero-order valence-corrected chi connectivity index (χ0v) is 15.6. The van der Waals surface area contributed by atoms with E-state index in [4.69, 9.17) is 4.52 Å². The van der Waals surface area contributed by atoms with E-state index in [0.29, 0.717) is 17.8 Å². The molecule has 142 valence electrons. The molecule has 0 aliphatic carbocycles. The first-order chi connectivity index (χ1) is 12.8. The summed E-state index contributed by atoms with van der Waals surface area (Å²) in [6.07, 6.45) is 0.728. The van der Waals surface area contributed by atoms with Gasteiger partial charge in [0, 0.05) is 48.3 Å². The number of hydrogen-bond donors (Lipinski definition) is 1. The predicted molar refractivity (Wildman–Crippen MR) is 97.0 cm³/mol. The minimum Gasteiger partial charge on any atom is -0.360 e. The van der Waals surface area contributed by atoms with Crippen LogP contribution in [0.1, 0.15) is 43.5 Å². The van der Waals surface area contributed by atoms with Crippen molar-refractivity contribution in [2.75, 3.05) is 6.54 Å². The van der Waals surface area contributed by atoms with Crippen LogP contribution in [0.3, 0.4) is 0 Å². The molecule has 0 atom stereocenters. The Bertz CT molecular complexity index is 971. The molecule has 7 heteroatoms. The van der Waals surface area contributed by atoms with E-state index in [-0.39, 0.29) is 5.41 Å². The third kappa shape index (κ3) is 3.51. The quantitative estimate of drug-likeness (QED) is 0.749. The van der Waals surface area contributed by atoms with Crippen LogP contribution in [0.25, 0.3) is 11.3 Å². The molecule has 2 aromatic heterocycles. The lowest BCUT2D eigenvalue weighted by Gasteiger charge is -2.25. The fourth-order valence-electron chi connectivity index (χ4n) is 3.34. The summed E-state index contributed by atoms with van der Waals surface area (Å²) in [5.41, 5.74) is 4.11. The van der Waals surface area contributed by atoms with E-state index in [0.717, 1.165) is 54.4 Å². The Labute approximate surface area is 156 Å². The zero-order valence-electron chi connectivity index (χ0n) is 15.6. The summed E-state index contributed by atoms with van der Waals surface area (Å²) in [5.74, 6) is -0.943. The molecule has 0 saturated carbocycles. The Hall–Kier alpha value is -2.54. The topological polar surface area (TPSA) is 58.0 Å². The number of halogens is 2. The van der Waals surface area contributed by atoms with E-state index < -0.39 is 11.6 Å².